The summed E-state index contributed by atoms with van der Waals surface area (Å²) in [6, 6.07) is 0. The van der Waals surface area contributed by atoms with Crippen molar-refractivity contribution in [1.29, 1.82) is 0 Å². The molecular weight excluding hydrogens is 338 g/mol. The second-order valence-corrected chi connectivity index (χ2v) is 6.98. The van der Waals surface area contributed by atoms with Gasteiger partial charge >= 0.3 is 0 Å². The molecule has 2 aromatic rings. The number of rotatable bonds is 2. The molecule has 0 aliphatic carbocycles. The van der Waals surface area contributed by atoms with E-state index in [4.69, 9.17) is 0 Å². The average Bonchev–Trinajstić information content (AvgIpc) is 2.76. The maximum atomic E-state index is 14.6. The zero-order valence-corrected chi connectivity index (χ0v) is 15.8. The van der Waals surface area contributed by atoms with Crippen molar-refractivity contribution in [2.75, 3.05) is 36.0 Å². The molecule has 140 valence electrons. The third-order valence-electron chi connectivity index (χ3n) is 4.53. The van der Waals surface area contributed by atoms with E-state index >= 15 is 0 Å². The van der Waals surface area contributed by atoms with Crippen molar-refractivity contribution in [3.63, 3.8) is 0 Å². The molecule has 0 radical (unpaired) electrons. The minimum atomic E-state index is -0.392. The van der Waals surface area contributed by atoms with Crippen LogP contribution in [-0.4, -0.2) is 46.1 Å². The van der Waals surface area contributed by atoms with Crippen LogP contribution in [0, 0.1) is 45.2 Å². The lowest BCUT2D eigenvalue weighted by Crippen LogP contribution is -2.33. The van der Waals surface area contributed by atoms with Gasteiger partial charge in [0.25, 0.3) is 0 Å². The molecule has 8 heteroatoms. The fourth-order valence-corrected chi connectivity index (χ4v) is 3.40. The molecule has 1 aliphatic heterocycles. The van der Waals surface area contributed by atoms with Crippen LogP contribution in [-0.2, 0) is 0 Å². The minimum Gasteiger partial charge on any atom is -0.352 e. The van der Waals surface area contributed by atoms with Gasteiger partial charge in [-0.05, 0) is 33.6 Å². The molecule has 1 saturated heterocycles. The summed E-state index contributed by atoms with van der Waals surface area (Å²) >= 11 is 0. The number of nitrogens with zero attached hydrogens (tertiary/aromatic N) is 6. The third kappa shape index (κ3) is 3.59. The zero-order valence-electron chi connectivity index (χ0n) is 15.8. The third-order valence-corrected chi connectivity index (χ3v) is 4.53. The summed E-state index contributed by atoms with van der Waals surface area (Å²) in [6.45, 7) is 11.2. The molecule has 0 saturated carbocycles. The number of anilines is 2. The molecular formula is C18H24F2N6. The predicted molar refractivity (Wildman–Crippen MR) is 96.5 cm³/mol. The van der Waals surface area contributed by atoms with E-state index in [1.165, 1.54) is 0 Å². The summed E-state index contributed by atoms with van der Waals surface area (Å²) in [4.78, 5) is 20.6. The second-order valence-electron chi connectivity index (χ2n) is 6.98. The molecule has 0 aromatic carbocycles. The Bertz CT molecular complexity index is 758. The summed E-state index contributed by atoms with van der Waals surface area (Å²) < 4.78 is 29.1. The lowest BCUT2D eigenvalue weighted by molar-refractivity contribution is 0.554. The van der Waals surface area contributed by atoms with Gasteiger partial charge in [-0.3, -0.25) is 0 Å². The van der Waals surface area contributed by atoms with Crippen molar-refractivity contribution >= 4 is 11.6 Å². The Labute approximate surface area is 152 Å². The summed E-state index contributed by atoms with van der Waals surface area (Å²) in [5, 5.41) is 0. The molecule has 0 atom stereocenters. The van der Waals surface area contributed by atoms with E-state index in [0.717, 1.165) is 0 Å². The predicted octanol–water partition coefficient (Wildman–Crippen LogP) is 2.74. The number of hydrogen-bond donors (Lipinski definition) is 0. The van der Waals surface area contributed by atoms with E-state index < -0.39 is 11.6 Å². The van der Waals surface area contributed by atoms with Crippen LogP contribution in [0.4, 0.5) is 20.4 Å². The van der Waals surface area contributed by atoms with Gasteiger partial charge in [0.15, 0.2) is 23.3 Å². The molecule has 3 rings (SSSR count). The Morgan fingerprint density at radius 2 is 1.12 bits per heavy atom. The van der Waals surface area contributed by atoms with Crippen LogP contribution in [0.1, 0.15) is 30.0 Å². The van der Waals surface area contributed by atoms with Crippen molar-refractivity contribution < 1.29 is 8.78 Å². The first kappa shape index (κ1) is 18.4. The van der Waals surface area contributed by atoms with Gasteiger partial charge in [-0.15, -0.1) is 0 Å². The fraction of sp³-hybridized carbons (Fsp3) is 0.556. The average molecular weight is 362 g/mol. The first-order chi connectivity index (χ1) is 12.3. The quantitative estimate of drug-likeness (QED) is 0.819. The Morgan fingerprint density at radius 3 is 1.50 bits per heavy atom. The Morgan fingerprint density at radius 1 is 0.731 bits per heavy atom. The number of halogens is 2. The van der Waals surface area contributed by atoms with E-state index in [2.05, 4.69) is 26.9 Å². The fourth-order valence-electron chi connectivity index (χ4n) is 3.40. The van der Waals surface area contributed by atoms with Gasteiger partial charge in [0.1, 0.15) is 11.6 Å². The summed E-state index contributed by atoms with van der Waals surface area (Å²) in [5.74, 6) is 1.12. The van der Waals surface area contributed by atoms with E-state index in [1.54, 1.807) is 27.7 Å². The second kappa shape index (κ2) is 7.09. The van der Waals surface area contributed by atoms with Crippen LogP contribution in [0.5, 0.6) is 0 Å². The molecule has 0 N–H and O–H groups in total. The Hall–Kier alpha value is -2.38. The maximum Gasteiger partial charge on any atom is 0.186 e. The Balaban J connectivity index is 1.90. The molecule has 0 bridgehead atoms. The molecule has 0 spiro atoms. The summed E-state index contributed by atoms with van der Waals surface area (Å²) in [7, 11) is 0. The first-order valence-electron chi connectivity index (χ1n) is 8.77. The van der Waals surface area contributed by atoms with Crippen molar-refractivity contribution in [1.82, 2.24) is 19.9 Å². The lowest BCUT2D eigenvalue weighted by atomic mass is 10.1. The molecule has 1 fully saturated rings. The maximum absolute atomic E-state index is 14.6. The monoisotopic (exact) mass is 362 g/mol. The molecule has 2 aromatic heterocycles. The van der Waals surface area contributed by atoms with Crippen LogP contribution in [0.15, 0.2) is 0 Å². The number of hydrogen-bond acceptors (Lipinski definition) is 6. The number of aryl methyl sites for hydroxylation is 4. The highest BCUT2D eigenvalue weighted by atomic mass is 19.1. The largest absolute Gasteiger partial charge is 0.352 e. The highest BCUT2D eigenvalue weighted by Crippen LogP contribution is 2.25. The van der Waals surface area contributed by atoms with Gasteiger partial charge in [-0.2, -0.15) is 0 Å². The van der Waals surface area contributed by atoms with E-state index in [0.29, 0.717) is 60.9 Å². The van der Waals surface area contributed by atoms with Crippen LogP contribution >= 0.6 is 0 Å². The summed E-state index contributed by atoms with van der Waals surface area (Å²) in [5.41, 5.74) is 0.684. The van der Waals surface area contributed by atoms with Gasteiger partial charge in [0, 0.05) is 26.2 Å². The van der Waals surface area contributed by atoms with Crippen molar-refractivity contribution in [3.05, 3.63) is 34.7 Å². The van der Waals surface area contributed by atoms with E-state index in [9.17, 15) is 8.78 Å². The van der Waals surface area contributed by atoms with Gasteiger partial charge in [0.05, 0.1) is 11.4 Å². The molecule has 6 nitrogen and oxygen atoms in total. The van der Waals surface area contributed by atoms with Gasteiger partial charge < -0.3 is 9.80 Å². The van der Waals surface area contributed by atoms with Crippen LogP contribution < -0.4 is 9.80 Å². The summed E-state index contributed by atoms with van der Waals surface area (Å²) in [6.07, 6.45) is 0. The van der Waals surface area contributed by atoms with Crippen LogP contribution in [0.2, 0.25) is 0 Å². The van der Waals surface area contributed by atoms with Crippen molar-refractivity contribution in [3.8, 4) is 0 Å². The molecule has 0 unspecified atom stereocenters. The standard InChI is InChI=1S/C18H24F2N6/c1-10-8-25(17-15(19)11(2)21-13(4)23-17)6-7-26(9-10)18-16(20)12(3)22-14(5)24-18/h10H,6-9H2,1-5H3. The molecule has 26 heavy (non-hydrogen) atoms. The van der Waals surface area contributed by atoms with Crippen LogP contribution in [0.25, 0.3) is 0 Å². The van der Waals surface area contributed by atoms with Crippen molar-refractivity contribution in [2.45, 2.75) is 34.6 Å². The minimum absolute atomic E-state index is 0.183. The van der Waals surface area contributed by atoms with E-state index in [1.807, 2.05) is 9.80 Å². The molecule has 3 heterocycles. The Kier molecular flexibility index (Phi) is 5.02. The highest BCUT2D eigenvalue weighted by molar-refractivity contribution is 5.46. The van der Waals surface area contributed by atoms with Gasteiger partial charge in [-0.1, -0.05) is 6.92 Å². The van der Waals surface area contributed by atoms with Gasteiger partial charge in [0.2, 0.25) is 0 Å². The smallest absolute Gasteiger partial charge is 0.186 e. The topological polar surface area (TPSA) is 58.0 Å². The van der Waals surface area contributed by atoms with Gasteiger partial charge in [-0.25, -0.2) is 28.7 Å². The number of aromatic nitrogens is 4. The molecule has 1 aliphatic rings. The first-order valence-corrected chi connectivity index (χ1v) is 8.77. The lowest BCUT2D eigenvalue weighted by Gasteiger charge is -2.24. The highest BCUT2D eigenvalue weighted by Gasteiger charge is 2.27. The van der Waals surface area contributed by atoms with E-state index in [-0.39, 0.29) is 5.92 Å². The zero-order chi connectivity index (χ0) is 19.0. The van der Waals surface area contributed by atoms with Crippen molar-refractivity contribution in [2.24, 2.45) is 5.92 Å². The van der Waals surface area contributed by atoms with Crippen LogP contribution in [0.3, 0.4) is 0 Å². The normalized spacial score (nSPS) is 16.1. The molecule has 0 amide bonds. The SMILES string of the molecule is Cc1nc(C)c(F)c(N2CCN(c3nc(C)nc(C)c3F)CC(C)C2)n1.